The molecule has 7 heteroatoms. The van der Waals surface area contributed by atoms with Gasteiger partial charge in [-0.05, 0) is 56.7 Å². The van der Waals surface area contributed by atoms with Gasteiger partial charge in [-0.15, -0.1) is 0 Å². The first-order valence-corrected chi connectivity index (χ1v) is 9.38. The largest absolute Gasteiger partial charge is 0.459 e. The van der Waals surface area contributed by atoms with Crippen molar-refractivity contribution in [3.63, 3.8) is 0 Å². The first-order chi connectivity index (χ1) is 14.3. The van der Waals surface area contributed by atoms with Gasteiger partial charge in [-0.1, -0.05) is 29.8 Å². The average molecular weight is 406 g/mol. The van der Waals surface area contributed by atoms with Gasteiger partial charge in [0.05, 0.1) is 17.5 Å². The molecule has 0 spiro atoms. The molecule has 1 atom stereocenters. The van der Waals surface area contributed by atoms with E-state index >= 15 is 0 Å². The number of carbonyl (C=O) groups excluding carboxylic acids is 3. The lowest BCUT2D eigenvalue weighted by atomic mass is 10.1. The van der Waals surface area contributed by atoms with Crippen LogP contribution in [-0.2, 0) is 9.53 Å². The maximum atomic E-state index is 12.6. The molecule has 0 saturated heterocycles. The Balaban J connectivity index is 1.68. The molecule has 0 unspecified atom stereocenters. The van der Waals surface area contributed by atoms with E-state index in [4.69, 9.17) is 9.15 Å². The molecule has 2 N–H and O–H groups in total. The number of hydrogen-bond donors (Lipinski definition) is 2. The number of anilines is 2. The molecule has 2 aromatic carbocycles. The molecule has 0 aliphatic carbocycles. The summed E-state index contributed by atoms with van der Waals surface area (Å²) in [4.78, 5) is 37.3. The van der Waals surface area contributed by atoms with Crippen LogP contribution in [0, 0.1) is 13.8 Å². The Labute approximate surface area is 174 Å². The van der Waals surface area contributed by atoms with Crippen molar-refractivity contribution in [2.75, 3.05) is 10.6 Å². The normalized spacial score (nSPS) is 11.4. The van der Waals surface area contributed by atoms with Crippen LogP contribution in [0.25, 0.3) is 0 Å². The number of furan rings is 1. The van der Waals surface area contributed by atoms with Gasteiger partial charge in [-0.2, -0.15) is 0 Å². The van der Waals surface area contributed by atoms with Crippen LogP contribution < -0.4 is 10.6 Å². The lowest BCUT2D eigenvalue weighted by Crippen LogP contribution is -2.30. The zero-order valence-electron chi connectivity index (χ0n) is 16.9. The molecule has 30 heavy (non-hydrogen) atoms. The molecular weight excluding hydrogens is 384 g/mol. The molecule has 0 fully saturated rings. The predicted octanol–water partition coefficient (Wildman–Crippen LogP) is 4.33. The monoisotopic (exact) mass is 406 g/mol. The SMILES string of the molecule is Cc1ccc(NC(=O)[C@@H](C)OC(=O)c2ccccc2NC(=O)c2ccco2)c(C)c1. The molecule has 0 bridgehead atoms. The summed E-state index contributed by atoms with van der Waals surface area (Å²) < 4.78 is 10.4. The molecule has 0 aliphatic heterocycles. The fourth-order valence-corrected chi connectivity index (χ4v) is 2.83. The number of carbonyl (C=O) groups is 3. The number of aryl methyl sites for hydroxylation is 2. The summed E-state index contributed by atoms with van der Waals surface area (Å²) in [6.07, 6.45) is 0.345. The summed E-state index contributed by atoms with van der Waals surface area (Å²) in [6.45, 7) is 5.34. The Morgan fingerprint density at radius 1 is 0.933 bits per heavy atom. The van der Waals surface area contributed by atoms with Crippen molar-refractivity contribution >= 4 is 29.2 Å². The van der Waals surface area contributed by atoms with E-state index in [2.05, 4.69) is 10.6 Å². The van der Waals surface area contributed by atoms with Crippen molar-refractivity contribution in [2.45, 2.75) is 26.9 Å². The highest BCUT2D eigenvalue weighted by Crippen LogP contribution is 2.20. The second-order valence-corrected chi connectivity index (χ2v) is 6.83. The van der Waals surface area contributed by atoms with Crippen LogP contribution in [-0.4, -0.2) is 23.9 Å². The molecule has 0 saturated carbocycles. The first-order valence-electron chi connectivity index (χ1n) is 9.38. The first kappa shape index (κ1) is 20.9. The number of hydrogen-bond acceptors (Lipinski definition) is 5. The quantitative estimate of drug-likeness (QED) is 0.594. The third-order valence-corrected chi connectivity index (χ3v) is 4.43. The molecule has 0 aliphatic rings. The van der Waals surface area contributed by atoms with Crippen molar-refractivity contribution in [3.8, 4) is 0 Å². The smallest absolute Gasteiger partial charge is 0.341 e. The van der Waals surface area contributed by atoms with Crippen molar-refractivity contribution in [2.24, 2.45) is 0 Å². The van der Waals surface area contributed by atoms with E-state index in [1.807, 2.05) is 26.0 Å². The molecule has 7 nitrogen and oxygen atoms in total. The summed E-state index contributed by atoms with van der Waals surface area (Å²) >= 11 is 0. The fraction of sp³-hybridized carbons (Fsp3) is 0.174. The van der Waals surface area contributed by atoms with E-state index in [0.717, 1.165) is 11.1 Å². The Kier molecular flexibility index (Phi) is 6.32. The van der Waals surface area contributed by atoms with Gasteiger partial charge in [-0.25, -0.2) is 4.79 Å². The Morgan fingerprint density at radius 3 is 2.40 bits per heavy atom. The van der Waals surface area contributed by atoms with Crippen LogP contribution in [0.15, 0.2) is 65.3 Å². The van der Waals surface area contributed by atoms with Gasteiger partial charge < -0.3 is 19.8 Å². The summed E-state index contributed by atoms with van der Waals surface area (Å²) in [7, 11) is 0. The molecule has 3 aromatic rings. The van der Waals surface area contributed by atoms with Crippen molar-refractivity contribution < 1.29 is 23.5 Å². The molecule has 0 radical (unpaired) electrons. The van der Waals surface area contributed by atoms with Crippen molar-refractivity contribution in [1.82, 2.24) is 0 Å². The molecule has 154 valence electrons. The fourth-order valence-electron chi connectivity index (χ4n) is 2.83. The maximum Gasteiger partial charge on any atom is 0.341 e. The van der Waals surface area contributed by atoms with Crippen molar-refractivity contribution in [1.29, 1.82) is 0 Å². The van der Waals surface area contributed by atoms with E-state index in [-0.39, 0.29) is 17.0 Å². The predicted molar refractivity (Wildman–Crippen MR) is 113 cm³/mol. The van der Waals surface area contributed by atoms with Gasteiger partial charge in [0.25, 0.3) is 11.8 Å². The molecular formula is C23H22N2O5. The number of para-hydroxylation sites is 1. The second-order valence-electron chi connectivity index (χ2n) is 6.83. The lowest BCUT2D eigenvalue weighted by Gasteiger charge is -2.16. The highest BCUT2D eigenvalue weighted by atomic mass is 16.5. The molecule has 1 heterocycles. The number of amides is 2. The average Bonchev–Trinajstić information content (AvgIpc) is 3.25. The summed E-state index contributed by atoms with van der Waals surface area (Å²) in [5.41, 5.74) is 3.03. The number of ether oxygens (including phenoxy) is 1. The molecule has 1 aromatic heterocycles. The van der Waals surface area contributed by atoms with E-state index < -0.39 is 23.9 Å². The van der Waals surface area contributed by atoms with Crippen LogP contribution in [0.1, 0.15) is 39.0 Å². The van der Waals surface area contributed by atoms with Gasteiger partial charge in [0.15, 0.2) is 11.9 Å². The molecule has 2 amide bonds. The van der Waals surface area contributed by atoms with Crippen LogP contribution in [0.2, 0.25) is 0 Å². The number of rotatable bonds is 6. The van der Waals surface area contributed by atoms with E-state index in [0.29, 0.717) is 5.69 Å². The third-order valence-electron chi connectivity index (χ3n) is 4.43. The van der Waals surface area contributed by atoms with Gasteiger partial charge in [0.2, 0.25) is 0 Å². The minimum Gasteiger partial charge on any atom is -0.459 e. The zero-order valence-corrected chi connectivity index (χ0v) is 16.9. The lowest BCUT2D eigenvalue weighted by molar-refractivity contribution is -0.123. The topological polar surface area (TPSA) is 97.6 Å². The van der Waals surface area contributed by atoms with Crippen LogP contribution in [0.3, 0.4) is 0 Å². The Hall–Kier alpha value is -3.87. The van der Waals surface area contributed by atoms with Crippen LogP contribution in [0.5, 0.6) is 0 Å². The van der Waals surface area contributed by atoms with E-state index in [1.54, 1.807) is 30.3 Å². The highest BCUT2D eigenvalue weighted by Gasteiger charge is 2.22. The highest BCUT2D eigenvalue weighted by molar-refractivity contribution is 6.07. The number of esters is 1. The molecule has 3 rings (SSSR count). The summed E-state index contributed by atoms with van der Waals surface area (Å²) in [5, 5.41) is 5.38. The summed E-state index contributed by atoms with van der Waals surface area (Å²) in [6, 6.07) is 15.1. The van der Waals surface area contributed by atoms with Gasteiger partial charge in [-0.3, -0.25) is 9.59 Å². The van der Waals surface area contributed by atoms with E-state index in [1.165, 1.54) is 25.3 Å². The number of benzene rings is 2. The minimum atomic E-state index is -1.04. The summed E-state index contributed by atoms with van der Waals surface area (Å²) in [5.74, 6) is -1.57. The Morgan fingerprint density at radius 2 is 1.70 bits per heavy atom. The number of nitrogens with one attached hydrogen (secondary N) is 2. The standard InChI is InChI=1S/C23H22N2O5/c1-14-10-11-18(15(2)13-14)24-21(26)16(3)30-23(28)17-7-4-5-8-19(17)25-22(27)20-9-6-12-29-20/h4-13,16H,1-3H3,(H,24,26)(H,25,27)/t16-/m1/s1. The van der Waals surface area contributed by atoms with Gasteiger partial charge in [0.1, 0.15) is 0 Å². The van der Waals surface area contributed by atoms with Crippen LogP contribution in [0.4, 0.5) is 11.4 Å². The third kappa shape index (κ3) is 4.94. The van der Waals surface area contributed by atoms with Gasteiger partial charge in [0, 0.05) is 5.69 Å². The van der Waals surface area contributed by atoms with E-state index in [9.17, 15) is 14.4 Å². The maximum absolute atomic E-state index is 12.6. The zero-order chi connectivity index (χ0) is 21.7. The second kappa shape index (κ2) is 9.09. The van der Waals surface area contributed by atoms with Crippen LogP contribution >= 0.6 is 0 Å². The van der Waals surface area contributed by atoms with Crippen molar-refractivity contribution in [3.05, 3.63) is 83.3 Å². The van der Waals surface area contributed by atoms with Gasteiger partial charge >= 0.3 is 5.97 Å². The minimum absolute atomic E-state index is 0.111. The Bertz CT molecular complexity index is 1070.